The number of aromatic nitrogens is 1. The van der Waals surface area contributed by atoms with Crippen molar-refractivity contribution in [2.75, 3.05) is 11.9 Å². The van der Waals surface area contributed by atoms with Crippen LogP contribution in [0.4, 0.5) is 10.1 Å². The number of anilines is 1. The van der Waals surface area contributed by atoms with Crippen molar-refractivity contribution in [3.05, 3.63) is 87.6 Å². The van der Waals surface area contributed by atoms with E-state index in [2.05, 4.69) is 10.3 Å². The molecular weight excluding hydrogens is 375 g/mol. The number of benzene rings is 2. The lowest BCUT2D eigenvalue weighted by Gasteiger charge is -2.17. The summed E-state index contributed by atoms with van der Waals surface area (Å²) in [6, 6.07) is 13.6. The monoisotopic (exact) mass is 394 g/mol. The normalized spacial score (nSPS) is 10.4. The number of esters is 1. The van der Waals surface area contributed by atoms with Crippen molar-refractivity contribution in [2.24, 2.45) is 0 Å². The molecule has 0 atom stereocenters. The van der Waals surface area contributed by atoms with E-state index in [1.807, 2.05) is 0 Å². The Kier molecular flexibility index (Phi) is 5.87. The fraction of sp³-hybridized carbons (Fsp3) is 0.136. The van der Waals surface area contributed by atoms with Crippen molar-refractivity contribution in [3.8, 4) is 11.1 Å². The van der Waals surface area contributed by atoms with Gasteiger partial charge in [-0.1, -0.05) is 30.3 Å². The molecule has 2 aromatic carbocycles. The predicted molar refractivity (Wildman–Crippen MR) is 108 cm³/mol. The van der Waals surface area contributed by atoms with Crippen LogP contribution in [0.2, 0.25) is 0 Å². The first-order chi connectivity index (χ1) is 13.9. The Labute approximate surface area is 166 Å². The highest BCUT2D eigenvalue weighted by Gasteiger charge is 2.25. The number of carbonyl (C=O) groups excluding carboxylic acids is 2. The van der Waals surface area contributed by atoms with Crippen LogP contribution in [0.1, 0.15) is 33.3 Å². The van der Waals surface area contributed by atoms with Gasteiger partial charge in [-0.3, -0.25) is 9.59 Å². The molecule has 0 fully saturated rings. The van der Waals surface area contributed by atoms with Crippen LogP contribution in [-0.4, -0.2) is 23.5 Å². The zero-order valence-electron chi connectivity index (χ0n) is 15.9. The van der Waals surface area contributed by atoms with Crippen LogP contribution in [0.25, 0.3) is 11.1 Å². The van der Waals surface area contributed by atoms with Gasteiger partial charge in [0.1, 0.15) is 11.5 Å². The molecule has 1 heterocycles. The molecule has 29 heavy (non-hydrogen) atoms. The number of carbonyl (C=O) groups is 2. The maximum absolute atomic E-state index is 13.4. The molecule has 148 valence electrons. The molecule has 0 spiro atoms. The number of hydrogen-bond acceptors (Lipinski definition) is 4. The summed E-state index contributed by atoms with van der Waals surface area (Å²) >= 11 is 0. The lowest BCUT2D eigenvalue weighted by molar-refractivity contribution is 0.0525. The van der Waals surface area contributed by atoms with Gasteiger partial charge < -0.3 is 15.0 Å². The molecule has 0 bridgehead atoms. The summed E-state index contributed by atoms with van der Waals surface area (Å²) in [6.07, 6.45) is 0. The van der Waals surface area contributed by atoms with Crippen LogP contribution in [0.5, 0.6) is 0 Å². The van der Waals surface area contributed by atoms with Gasteiger partial charge in [0.2, 0.25) is 0 Å². The van der Waals surface area contributed by atoms with Crippen LogP contribution in [0.15, 0.2) is 59.4 Å². The minimum absolute atomic E-state index is 0.0985. The molecule has 0 radical (unpaired) electrons. The van der Waals surface area contributed by atoms with Gasteiger partial charge in [-0.25, -0.2) is 9.18 Å². The average molecular weight is 394 g/mol. The van der Waals surface area contributed by atoms with E-state index in [4.69, 9.17) is 4.74 Å². The second-order valence-electron chi connectivity index (χ2n) is 6.25. The van der Waals surface area contributed by atoms with Gasteiger partial charge in [-0.05, 0) is 43.7 Å². The smallest absolute Gasteiger partial charge is 0.340 e. The summed E-state index contributed by atoms with van der Waals surface area (Å²) in [5, 5.41) is 2.59. The first-order valence-electron chi connectivity index (χ1n) is 8.98. The lowest BCUT2D eigenvalue weighted by atomic mass is 9.97. The molecule has 0 aliphatic rings. The minimum Gasteiger partial charge on any atom is -0.462 e. The molecule has 3 aromatic rings. The third-order valence-electron chi connectivity index (χ3n) is 4.29. The number of hydrogen-bond donors (Lipinski definition) is 2. The van der Waals surface area contributed by atoms with E-state index in [-0.39, 0.29) is 29.1 Å². The molecule has 0 aliphatic carbocycles. The van der Waals surface area contributed by atoms with Crippen molar-refractivity contribution in [1.29, 1.82) is 0 Å². The summed E-state index contributed by atoms with van der Waals surface area (Å²) in [5.74, 6) is -1.64. The maximum Gasteiger partial charge on any atom is 0.340 e. The highest BCUT2D eigenvalue weighted by molar-refractivity contribution is 6.09. The standard InChI is InChI=1S/C22H19FN2O4/c1-3-29-22(28)17-13(2)24-21(27)19(18(17)14-9-11-16(23)12-10-14)25-20(26)15-7-5-4-6-8-15/h4-12H,3H2,1-2H3,(H,24,27)(H,25,26). The van der Waals surface area contributed by atoms with Crippen LogP contribution >= 0.6 is 0 Å². The molecule has 3 rings (SSSR count). The fourth-order valence-corrected chi connectivity index (χ4v) is 2.98. The van der Waals surface area contributed by atoms with E-state index >= 15 is 0 Å². The van der Waals surface area contributed by atoms with E-state index < -0.39 is 23.3 Å². The van der Waals surface area contributed by atoms with Gasteiger partial charge in [0.15, 0.2) is 0 Å². The lowest BCUT2D eigenvalue weighted by Crippen LogP contribution is -2.24. The summed E-state index contributed by atoms with van der Waals surface area (Å²) < 4.78 is 18.6. The predicted octanol–water partition coefficient (Wildman–Crippen LogP) is 3.92. The van der Waals surface area contributed by atoms with Crippen LogP contribution in [-0.2, 0) is 4.74 Å². The largest absolute Gasteiger partial charge is 0.462 e. The molecule has 2 N–H and O–H groups in total. The first-order valence-corrected chi connectivity index (χ1v) is 8.98. The SMILES string of the molecule is CCOC(=O)c1c(C)[nH]c(=O)c(NC(=O)c2ccccc2)c1-c1ccc(F)cc1. The number of ether oxygens (including phenoxy) is 1. The number of amides is 1. The van der Waals surface area contributed by atoms with Crippen molar-refractivity contribution >= 4 is 17.6 Å². The van der Waals surface area contributed by atoms with Crippen LogP contribution in [0, 0.1) is 12.7 Å². The topological polar surface area (TPSA) is 88.3 Å². The van der Waals surface area contributed by atoms with E-state index in [1.54, 1.807) is 44.2 Å². The molecule has 6 nitrogen and oxygen atoms in total. The highest BCUT2D eigenvalue weighted by atomic mass is 19.1. The van der Waals surface area contributed by atoms with Gasteiger partial charge in [-0.15, -0.1) is 0 Å². The Morgan fingerprint density at radius 2 is 1.72 bits per heavy atom. The second kappa shape index (κ2) is 8.52. The zero-order chi connectivity index (χ0) is 21.0. The number of rotatable bonds is 5. The molecule has 0 aliphatic heterocycles. The summed E-state index contributed by atoms with van der Waals surface area (Å²) in [6.45, 7) is 3.35. The number of aromatic amines is 1. The molecule has 7 heteroatoms. The number of pyridine rings is 1. The van der Waals surface area contributed by atoms with E-state index in [1.165, 1.54) is 24.3 Å². The molecular formula is C22H19FN2O4. The number of halogens is 1. The van der Waals surface area contributed by atoms with Crippen molar-refractivity contribution in [3.63, 3.8) is 0 Å². The van der Waals surface area contributed by atoms with Gasteiger partial charge in [-0.2, -0.15) is 0 Å². The van der Waals surface area contributed by atoms with Crippen molar-refractivity contribution in [1.82, 2.24) is 4.98 Å². The maximum atomic E-state index is 13.4. The molecule has 0 saturated heterocycles. The third-order valence-corrected chi connectivity index (χ3v) is 4.29. The zero-order valence-corrected chi connectivity index (χ0v) is 15.9. The number of nitrogens with one attached hydrogen (secondary N) is 2. The Morgan fingerprint density at radius 1 is 1.07 bits per heavy atom. The number of H-pyrrole nitrogens is 1. The Morgan fingerprint density at radius 3 is 2.34 bits per heavy atom. The van der Waals surface area contributed by atoms with E-state index in [0.29, 0.717) is 11.1 Å². The Bertz CT molecular complexity index is 1110. The molecule has 1 amide bonds. The molecule has 0 unspecified atom stereocenters. The summed E-state index contributed by atoms with van der Waals surface area (Å²) in [4.78, 5) is 40.6. The fourth-order valence-electron chi connectivity index (χ4n) is 2.98. The van der Waals surface area contributed by atoms with E-state index in [0.717, 1.165) is 0 Å². The van der Waals surface area contributed by atoms with E-state index in [9.17, 15) is 18.8 Å². The molecule has 1 aromatic heterocycles. The van der Waals surface area contributed by atoms with Crippen molar-refractivity contribution in [2.45, 2.75) is 13.8 Å². The van der Waals surface area contributed by atoms with Gasteiger partial charge in [0.25, 0.3) is 11.5 Å². The van der Waals surface area contributed by atoms with Gasteiger partial charge in [0, 0.05) is 16.8 Å². The first kappa shape index (κ1) is 20.0. The van der Waals surface area contributed by atoms with Crippen LogP contribution < -0.4 is 10.9 Å². The average Bonchev–Trinajstić information content (AvgIpc) is 2.71. The van der Waals surface area contributed by atoms with Gasteiger partial charge >= 0.3 is 5.97 Å². The Hall–Kier alpha value is -3.74. The van der Waals surface area contributed by atoms with Crippen LogP contribution in [0.3, 0.4) is 0 Å². The number of aryl methyl sites for hydroxylation is 1. The minimum atomic E-state index is -0.657. The van der Waals surface area contributed by atoms with Crippen molar-refractivity contribution < 1.29 is 18.7 Å². The quantitative estimate of drug-likeness (QED) is 0.642. The summed E-state index contributed by atoms with van der Waals surface area (Å²) in [5.41, 5.74) is 0.599. The second-order valence-corrected chi connectivity index (χ2v) is 6.25. The third kappa shape index (κ3) is 4.24. The highest BCUT2D eigenvalue weighted by Crippen LogP contribution is 2.31. The van der Waals surface area contributed by atoms with Gasteiger partial charge in [0.05, 0.1) is 12.2 Å². The summed E-state index contributed by atoms with van der Waals surface area (Å²) in [7, 11) is 0. The Balaban J connectivity index is 2.22. The molecule has 0 saturated carbocycles.